The lowest BCUT2D eigenvalue weighted by atomic mass is 9.72. The summed E-state index contributed by atoms with van der Waals surface area (Å²) in [4.78, 5) is 18.2. The summed E-state index contributed by atoms with van der Waals surface area (Å²) in [6.45, 7) is 0. The van der Waals surface area contributed by atoms with Crippen molar-refractivity contribution in [1.29, 1.82) is 0 Å². The lowest BCUT2D eigenvalue weighted by Crippen LogP contribution is -2.54. The second-order valence-electron chi connectivity index (χ2n) is 11.7. The molecule has 0 amide bonds. The van der Waals surface area contributed by atoms with Crippen LogP contribution in [0.25, 0.3) is 66.1 Å². The van der Waals surface area contributed by atoms with Crippen molar-refractivity contribution in [3.05, 3.63) is 145 Å². The van der Waals surface area contributed by atoms with Crippen molar-refractivity contribution in [3.8, 4) is 22.5 Å². The lowest BCUT2D eigenvalue weighted by molar-refractivity contribution is -0.288. The SMILES string of the molecule is FC(F)(F)C(c1ccc(-c2ccc3ccc4cccnc4c3n2)cc1)(c1ccc(-c2ccc3ccc4cccnc4c3n2)cc1)C(F)(F)F. The van der Waals surface area contributed by atoms with E-state index in [1.54, 1.807) is 48.8 Å². The quantitative estimate of drug-likeness (QED) is 0.139. The average Bonchev–Trinajstić information content (AvgIpc) is 3.11. The Bertz CT molecular complexity index is 2350. The molecule has 8 rings (SSSR count). The number of hydrogen-bond acceptors (Lipinski definition) is 4. The Labute approximate surface area is 274 Å². The first-order chi connectivity index (χ1) is 23.5. The standard InChI is InChI=1S/C39H22F6N4/c40-38(41,42)37(39(43,44)45,29-15-9-23(10-16-29)31-19-13-27-7-5-25-3-1-21-46-33(25)35(27)48-31)30-17-11-24(12-18-30)32-20-14-28-8-6-26-4-2-22-47-34(26)36(28)49-32/h1-22H. The van der Waals surface area contributed by atoms with Crippen LogP contribution < -0.4 is 0 Å². The molecule has 49 heavy (non-hydrogen) atoms. The topological polar surface area (TPSA) is 51.6 Å². The lowest BCUT2D eigenvalue weighted by Gasteiger charge is -2.38. The van der Waals surface area contributed by atoms with Gasteiger partial charge in [-0.3, -0.25) is 9.97 Å². The maximum absolute atomic E-state index is 15.0. The molecule has 0 aliphatic rings. The number of benzene rings is 4. The van der Waals surface area contributed by atoms with E-state index >= 15 is 0 Å². The normalized spacial score (nSPS) is 12.7. The molecule has 4 heterocycles. The van der Waals surface area contributed by atoms with E-state index in [1.807, 2.05) is 36.4 Å². The van der Waals surface area contributed by atoms with Gasteiger partial charge in [0.15, 0.2) is 0 Å². The van der Waals surface area contributed by atoms with Crippen molar-refractivity contribution in [1.82, 2.24) is 19.9 Å². The van der Waals surface area contributed by atoms with Crippen molar-refractivity contribution < 1.29 is 26.3 Å². The molecule has 4 aromatic heterocycles. The molecule has 4 aromatic carbocycles. The summed E-state index contributed by atoms with van der Waals surface area (Å²) < 4.78 is 89.9. The summed E-state index contributed by atoms with van der Waals surface area (Å²) in [5, 5.41) is 3.30. The highest BCUT2D eigenvalue weighted by atomic mass is 19.4. The smallest absolute Gasteiger partial charge is 0.254 e. The molecule has 0 unspecified atom stereocenters. The Morgan fingerprint density at radius 2 is 0.714 bits per heavy atom. The number of hydrogen-bond donors (Lipinski definition) is 0. The zero-order valence-corrected chi connectivity index (χ0v) is 25.3. The molecule has 4 nitrogen and oxygen atoms in total. The van der Waals surface area contributed by atoms with E-state index in [9.17, 15) is 26.3 Å². The Kier molecular flexibility index (Phi) is 6.88. The highest BCUT2D eigenvalue weighted by Crippen LogP contribution is 2.56. The highest BCUT2D eigenvalue weighted by molar-refractivity contribution is 6.04. The Balaban J connectivity index is 1.21. The minimum Gasteiger partial charge on any atom is -0.254 e. The number of halogens is 6. The third kappa shape index (κ3) is 4.85. The van der Waals surface area contributed by atoms with Gasteiger partial charge >= 0.3 is 12.4 Å². The van der Waals surface area contributed by atoms with Gasteiger partial charge in [0.2, 0.25) is 5.41 Å². The molecule has 0 atom stereocenters. The number of alkyl halides is 6. The van der Waals surface area contributed by atoms with Crippen LogP contribution in [0.2, 0.25) is 0 Å². The minimum atomic E-state index is -5.73. The van der Waals surface area contributed by atoms with Crippen molar-refractivity contribution in [2.75, 3.05) is 0 Å². The molecule has 0 fully saturated rings. The molecule has 8 aromatic rings. The second-order valence-corrected chi connectivity index (χ2v) is 11.7. The molecule has 0 bridgehead atoms. The fourth-order valence-electron chi connectivity index (χ4n) is 6.53. The van der Waals surface area contributed by atoms with Gasteiger partial charge in [-0.15, -0.1) is 0 Å². The molecule has 0 aliphatic heterocycles. The Morgan fingerprint density at radius 1 is 0.367 bits per heavy atom. The predicted molar refractivity (Wildman–Crippen MR) is 178 cm³/mol. The van der Waals surface area contributed by atoms with Gasteiger partial charge in [0, 0.05) is 45.1 Å². The molecule has 0 saturated carbocycles. The van der Waals surface area contributed by atoms with E-state index in [2.05, 4.69) is 19.9 Å². The second kappa shape index (κ2) is 11.1. The number of aromatic nitrogens is 4. The molecule has 10 heteroatoms. The predicted octanol–water partition coefficient (Wildman–Crippen LogP) is 10.6. The van der Waals surface area contributed by atoms with E-state index in [1.165, 1.54) is 24.3 Å². The summed E-state index contributed by atoms with van der Waals surface area (Å²) in [6, 6.07) is 30.3. The largest absolute Gasteiger partial charge is 0.411 e. The zero-order chi connectivity index (χ0) is 34.0. The molecule has 0 aliphatic carbocycles. The van der Waals surface area contributed by atoms with Gasteiger partial charge in [0.25, 0.3) is 0 Å². The minimum absolute atomic E-state index is 0.358. The van der Waals surface area contributed by atoms with Crippen LogP contribution in [0, 0.1) is 0 Å². The molecular formula is C39H22F6N4. The molecule has 0 N–H and O–H groups in total. The van der Waals surface area contributed by atoms with Crippen LogP contribution in [0.4, 0.5) is 26.3 Å². The van der Waals surface area contributed by atoms with Gasteiger partial charge in [-0.2, -0.15) is 26.3 Å². The summed E-state index contributed by atoms with van der Waals surface area (Å²) in [5.41, 5.74) is -2.31. The maximum Gasteiger partial charge on any atom is 0.411 e. The zero-order valence-electron chi connectivity index (χ0n) is 25.3. The Hall–Kier alpha value is -5.90. The highest BCUT2D eigenvalue weighted by Gasteiger charge is 2.72. The van der Waals surface area contributed by atoms with Crippen molar-refractivity contribution in [3.63, 3.8) is 0 Å². The fourth-order valence-corrected chi connectivity index (χ4v) is 6.53. The molecule has 0 radical (unpaired) electrons. The molecule has 240 valence electrons. The van der Waals surface area contributed by atoms with E-state index in [0.717, 1.165) is 45.8 Å². The van der Waals surface area contributed by atoms with Gasteiger partial charge in [0.1, 0.15) is 0 Å². The van der Waals surface area contributed by atoms with Gasteiger partial charge in [-0.05, 0) is 35.4 Å². The maximum atomic E-state index is 15.0. The van der Waals surface area contributed by atoms with E-state index in [-0.39, 0.29) is 0 Å². The van der Waals surface area contributed by atoms with Gasteiger partial charge in [0.05, 0.1) is 33.5 Å². The van der Waals surface area contributed by atoms with E-state index in [4.69, 9.17) is 0 Å². The van der Waals surface area contributed by atoms with Crippen LogP contribution in [0.1, 0.15) is 11.1 Å². The summed E-state index contributed by atoms with van der Waals surface area (Å²) in [5.74, 6) is 0. The van der Waals surface area contributed by atoms with Crippen molar-refractivity contribution in [2.45, 2.75) is 17.8 Å². The van der Waals surface area contributed by atoms with Crippen molar-refractivity contribution in [2.24, 2.45) is 0 Å². The fraction of sp³-hybridized carbons (Fsp3) is 0.0769. The summed E-state index contributed by atoms with van der Waals surface area (Å²) in [6.07, 6.45) is -8.20. The van der Waals surface area contributed by atoms with E-state index in [0.29, 0.717) is 44.6 Å². The number of rotatable bonds is 4. The van der Waals surface area contributed by atoms with Gasteiger partial charge in [-0.25, -0.2) is 9.97 Å². The Morgan fingerprint density at radius 3 is 1.08 bits per heavy atom. The van der Waals surface area contributed by atoms with Gasteiger partial charge < -0.3 is 0 Å². The van der Waals surface area contributed by atoms with Crippen LogP contribution in [-0.4, -0.2) is 32.3 Å². The van der Waals surface area contributed by atoms with Crippen LogP contribution >= 0.6 is 0 Å². The third-order valence-corrected chi connectivity index (χ3v) is 8.94. The van der Waals surface area contributed by atoms with Crippen LogP contribution in [0.15, 0.2) is 134 Å². The number of nitrogens with zero attached hydrogens (tertiary/aromatic N) is 4. The van der Waals surface area contributed by atoms with Crippen LogP contribution in [0.5, 0.6) is 0 Å². The molecule has 0 spiro atoms. The van der Waals surface area contributed by atoms with Gasteiger partial charge in [-0.1, -0.05) is 97.1 Å². The first-order valence-electron chi connectivity index (χ1n) is 15.2. The van der Waals surface area contributed by atoms with Crippen LogP contribution in [0.3, 0.4) is 0 Å². The molecule has 0 saturated heterocycles. The summed E-state index contributed by atoms with van der Waals surface area (Å²) in [7, 11) is 0. The average molecular weight is 661 g/mol. The van der Waals surface area contributed by atoms with Crippen LogP contribution in [-0.2, 0) is 5.41 Å². The number of pyridine rings is 4. The number of fused-ring (bicyclic) bond motifs is 6. The summed E-state index contributed by atoms with van der Waals surface area (Å²) >= 11 is 0. The monoisotopic (exact) mass is 660 g/mol. The van der Waals surface area contributed by atoms with Crippen molar-refractivity contribution >= 4 is 43.6 Å². The third-order valence-electron chi connectivity index (χ3n) is 8.94. The van der Waals surface area contributed by atoms with E-state index < -0.39 is 28.9 Å². The first-order valence-corrected chi connectivity index (χ1v) is 15.2. The first kappa shape index (κ1) is 30.4. The molecular weight excluding hydrogens is 638 g/mol.